The molecule has 2 aromatic rings. The molecule has 0 aliphatic heterocycles. The van der Waals surface area contributed by atoms with Gasteiger partial charge < -0.3 is 5.32 Å². The van der Waals surface area contributed by atoms with Crippen molar-refractivity contribution >= 4 is 39.1 Å². The van der Waals surface area contributed by atoms with Gasteiger partial charge in [-0.2, -0.15) is 0 Å². The van der Waals surface area contributed by atoms with Crippen molar-refractivity contribution in [3.8, 4) is 0 Å². The Hall–Kier alpha value is -1.32. The van der Waals surface area contributed by atoms with Crippen LogP contribution in [0.3, 0.4) is 0 Å². The quantitative estimate of drug-likeness (QED) is 0.801. The number of rotatable bonds is 3. The second-order valence-corrected chi connectivity index (χ2v) is 5.24. The van der Waals surface area contributed by atoms with Crippen molar-refractivity contribution in [1.29, 1.82) is 0 Å². The average molecular weight is 339 g/mol. The van der Waals surface area contributed by atoms with E-state index in [1.807, 2.05) is 37.3 Å². The first-order valence-electron chi connectivity index (χ1n) is 5.82. The van der Waals surface area contributed by atoms with Crippen molar-refractivity contribution in [2.75, 3.05) is 5.32 Å². The maximum Gasteiger partial charge on any atom is 0.255 e. The second kappa shape index (κ2) is 6.22. The van der Waals surface area contributed by atoms with Crippen LogP contribution in [0.25, 0.3) is 0 Å². The highest BCUT2D eigenvalue weighted by Crippen LogP contribution is 2.23. The number of nitrogens with one attached hydrogen (secondary N) is 1. The highest BCUT2D eigenvalue weighted by atomic mass is 79.9. The Morgan fingerprint density at radius 3 is 2.47 bits per heavy atom. The lowest BCUT2D eigenvalue weighted by Crippen LogP contribution is -2.12. The molecule has 0 radical (unpaired) electrons. The van der Waals surface area contributed by atoms with Gasteiger partial charge in [-0.3, -0.25) is 4.79 Å². The van der Waals surface area contributed by atoms with E-state index in [1.54, 1.807) is 12.1 Å². The maximum absolute atomic E-state index is 12.1. The fraction of sp³-hybridized carbons (Fsp3) is 0.133. The molecule has 0 atom stereocenters. The van der Waals surface area contributed by atoms with Crippen LogP contribution >= 0.6 is 27.5 Å². The number of carbonyl (C=O) groups excluding carboxylic acids is 1. The van der Waals surface area contributed by atoms with E-state index >= 15 is 0 Å². The number of hydrogen-bond acceptors (Lipinski definition) is 1. The molecule has 0 aromatic heterocycles. The van der Waals surface area contributed by atoms with Crippen molar-refractivity contribution in [3.05, 3.63) is 64.2 Å². The third-order valence-corrected chi connectivity index (χ3v) is 3.70. The summed E-state index contributed by atoms with van der Waals surface area (Å²) in [4.78, 5) is 12.1. The van der Waals surface area contributed by atoms with Gasteiger partial charge in [0.25, 0.3) is 5.91 Å². The van der Waals surface area contributed by atoms with Gasteiger partial charge in [0.1, 0.15) is 0 Å². The first kappa shape index (κ1) is 14.1. The van der Waals surface area contributed by atoms with E-state index in [1.165, 1.54) is 0 Å². The number of benzene rings is 2. The lowest BCUT2D eigenvalue weighted by atomic mass is 10.1. The van der Waals surface area contributed by atoms with Crippen LogP contribution in [0.2, 0.25) is 5.02 Å². The number of amides is 1. The number of alkyl halides is 1. The fourth-order valence-corrected chi connectivity index (χ4v) is 2.32. The van der Waals surface area contributed by atoms with E-state index in [0.29, 0.717) is 16.3 Å². The third-order valence-electron chi connectivity index (χ3n) is 2.74. The van der Waals surface area contributed by atoms with Crippen LogP contribution < -0.4 is 5.32 Å². The zero-order chi connectivity index (χ0) is 13.8. The van der Waals surface area contributed by atoms with Gasteiger partial charge in [-0.1, -0.05) is 45.7 Å². The van der Waals surface area contributed by atoms with E-state index in [0.717, 1.165) is 16.5 Å². The van der Waals surface area contributed by atoms with Gasteiger partial charge >= 0.3 is 0 Å². The molecule has 0 bridgehead atoms. The molecule has 4 heteroatoms. The molecule has 2 nitrogen and oxygen atoms in total. The predicted molar refractivity (Wildman–Crippen MR) is 83.2 cm³/mol. The third kappa shape index (κ3) is 3.58. The van der Waals surface area contributed by atoms with Crippen molar-refractivity contribution in [1.82, 2.24) is 0 Å². The van der Waals surface area contributed by atoms with E-state index in [4.69, 9.17) is 11.6 Å². The maximum atomic E-state index is 12.1. The summed E-state index contributed by atoms with van der Waals surface area (Å²) in [7, 11) is 0. The minimum Gasteiger partial charge on any atom is -0.321 e. The van der Waals surface area contributed by atoms with Gasteiger partial charge in [0.05, 0.1) is 10.7 Å². The van der Waals surface area contributed by atoms with Crippen LogP contribution in [0.15, 0.2) is 42.5 Å². The Balaban J connectivity index is 2.15. The SMILES string of the molecule is Cc1ccc(NC(=O)c2ccc(CBr)cc2)c(Cl)c1. The summed E-state index contributed by atoms with van der Waals surface area (Å²) in [5.41, 5.74) is 3.43. The predicted octanol–water partition coefficient (Wildman–Crippen LogP) is 4.80. The summed E-state index contributed by atoms with van der Waals surface area (Å²) in [6.07, 6.45) is 0. The Kier molecular flexibility index (Phi) is 4.61. The van der Waals surface area contributed by atoms with Crippen LogP contribution in [-0.2, 0) is 5.33 Å². The zero-order valence-corrected chi connectivity index (χ0v) is 12.8. The summed E-state index contributed by atoms with van der Waals surface area (Å²) < 4.78 is 0. The fourth-order valence-electron chi connectivity index (χ4n) is 1.66. The standard InChI is InChI=1S/C15H13BrClNO/c1-10-2-7-14(13(17)8-10)18-15(19)12-5-3-11(9-16)4-6-12/h2-8H,9H2,1H3,(H,18,19). The van der Waals surface area contributed by atoms with E-state index < -0.39 is 0 Å². The Labute approximate surface area is 125 Å². The zero-order valence-electron chi connectivity index (χ0n) is 10.4. The molecular formula is C15H13BrClNO. The molecule has 2 aromatic carbocycles. The first-order chi connectivity index (χ1) is 9.10. The van der Waals surface area contributed by atoms with Gasteiger partial charge in [0.15, 0.2) is 0 Å². The molecule has 0 fully saturated rings. The van der Waals surface area contributed by atoms with Gasteiger partial charge in [0, 0.05) is 10.9 Å². The lowest BCUT2D eigenvalue weighted by Gasteiger charge is -2.08. The van der Waals surface area contributed by atoms with Crippen molar-refractivity contribution < 1.29 is 4.79 Å². The highest BCUT2D eigenvalue weighted by Gasteiger charge is 2.08. The van der Waals surface area contributed by atoms with Gasteiger partial charge in [-0.25, -0.2) is 0 Å². The topological polar surface area (TPSA) is 29.1 Å². The monoisotopic (exact) mass is 337 g/mol. The van der Waals surface area contributed by atoms with Crippen LogP contribution in [0.4, 0.5) is 5.69 Å². The molecule has 0 aliphatic carbocycles. The molecular weight excluding hydrogens is 326 g/mol. The minimum atomic E-state index is -0.160. The van der Waals surface area contributed by atoms with E-state index in [9.17, 15) is 4.79 Å². The number of hydrogen-bond donors (Lipinski definition) is 1. The smallest absolute Gasteiger partial charge is 0.255 e. The molecule has 1 amide bonds. The van der Waals surface area contributed by atoms with Crippen molar-refractivity contribution in [2.45, 2.75) is 12.3 Å². The molecule has 0 spiro atoms. The normalized spacial score (nSPS) is 10.3. The van der Waals surface area contributed by atoms with E-state index in [2.05, 4.69) is 21.2 Å². The summed E-state index contributed by atoms with van der Waals surface area (Å²) in [6, 6.07) is 13.0. The summed E-state index contributed by atoms with van der Waals surface area (Å²) >= 11 is 9.46. The molecule has 1 N–H and O–H groups in total. The molecule has 0 unspecified atom stereocenters. The van der Waals surface area contributed by atoms with Crippen LogP contribution in [0.5, 0.6) is 0 Å². The number of aryl methyl sites for hydroxylation is 1. The molecule has 0 saturated carbocycles. The van der Waals surface area contributed by atoms with Crippen LogP contribution in [-0.4, -0.2) is 5.91 Å². The van der Waals surface area contributed by atoms with Gasteiger partial charge in [-0.05, 0) is 42.3 Å². The molecule has 0 heterocycles. The van der Waals surface area contributed by atoms with Crippen molar-refractivity contribution in [3.63, 3.8) is 0 Å². The molecule has 19 heavy (non-hydrogen) atoms. The summed E-state index contributed by atoms with van der Waals surface area (Å²) in [5, 5.41) is 4.13. The van der Waals surface area contributed by atoms with Gasteiger partial charge in [0.2, 0.25) is 0 Å². The Morgan fingerprint density at radius 2 is 1.89 bits per heavy atom. The first-order valence-corrected chi connectivity index (χ1v) is 7.32. The lowest BCUT2D eigenvalue weighted by molar-refractivity contribution is 0.102. The number of carbonyl (C=O) groups is 1. The minimum absolute atomic E-state index is 0.160. The highest BCUT2D eigenvalue weighted by molar-refractivity contribution is 9.08. The number of anilines is 1. The van der Waals surface area contributed by atoms with E-state index in [-0.39, 0.29) is 5.91 Å². The Morgan fingerprint density at radius 1 is 1.21 bits per heavy atom. The summed E-state index contributed by atoms with van der Waals surface area (Å²) in [5.74, 6) is -0.160. The molecule has 98 valence electrons. The largest absolute Gasteiger partial charge is 0.321 e. The molecule has 0 aliphatic rings. The van der Waals surface area contributed by atoms with Crippen molar-refractivity contribution in [2.24, 2.45) is 0 Å². The van der Waals surface area contributed by atoms with Crippen LogP contribution in [0, 0.1) is 6.92 Å². The molecule has 0 saturated heterocycles. The van der Waals surface area contributed by atoms with Gasteiger partial charge in [-0.15, -0.1) is 0 Å². The summed E-state index contributed by atoms with van der Waals surface area (Å²) in [6.45, 7) is 1.95. The second-order valence-electron chi connectivity index (χ2n) is 4.27. The molecule has 2 rings (SSSR count). The average Bonchev–Trinajstić information content (AvgIpc) is 2.42. The van der Waals surface area contributed by atoms with Crippen LogP contribution in [0.1, 0.15) is 21.5 Å². The Bertz CT molecular complexity index is 596. The number of halogens is 2.